The molecule has 0 atom stereocenters. The third kappa shape index (κ3) is 1.87. The predicted octanol–water partition coefficient (Wildman–Crippen LogP) is 3.40. The van der Waals surface area contributed by atoms with Crippen LogP contribution in [-0.2, 0) is 0 Å². The van der Waals surface area contributed by atoms with E-state index >= 15 is 0 Å². The van der Waals surface area contributed by atoms with Gasteiger partial charge < -0.3 is 4.42 Å². The second-order valence-corrected chi connectivity index (χ2v) is 5.19. The number of hydrogen-bond donors (Lipinski definition) is 0. The van der Waals surface area contributed by atoms with Crippen molar-refractivity contribution in [2.75, 3.05) is 0 Å². The molecule has 0 radical (unpaired) electrons. The number of halogens is 1. The molecule has 1 aliphatic carbocycles. The standard InChI is InChI=1S/C15H6ClN3O4/c16-11-13(20)10-7(3-1-4-8(10)19(21)22)12-14(11)23-9-5-2-6-17-15(9)18-12/h1-6H. The zero-order chi connectivity index (χ0) is 16.1. The lowest BCUT2D eigenvalue weighted by atomic mass is 10.0. The summed E-state index contributed by atoms with van der Waals surface area (Å²) in [6.45, 7) is 0. The number of fused-ring (bicyclic) bond motifs is 4. The molecule has 1 aromatic heterocycles. The van der Waals surface area contributed by atoms with Gasteiger partial charge >= 0.3 is 0 Å². The van der Waals surface area contributed by atoms with E-state index in [1.54, 1.807) is 24.4 Å². The van der Waals surface area contributed by atoms with Gasteiger partial charge in [0.1, 0.15) is 16.1 Å². The van der Waals surface area contributed by atoms with Gasteiger partial charge in [-0.05, 0) is 12.1 Å². The van der Waals surface area contributed by atoms with Crippen LogP contribution in [0.5, 0.6) is 0 Å². The average molecular weight is 328 g/mol. The number of aromatic nitrogens is 2. The fourth-order valence-corrected chi connectivity index (χ4v) is 2.76. The molecule has 0 amide bonds. The maximum absolute atomic E-state index is 12.5. The van der Waals surface area contributed by atoms with Gasteiger partial charge in [0, 0.05) is 17.6 Å². The third-order valence-electron chi connectivity index (χ3n) is 3.52. The molecule has 7 nitrogen and oxygen atoms in total. The number of hydrogen-bond acceptors (Lipinski definition) is 6. The number of pyridine rings is 1. The molecule has 23 heavy (non-hydrogen) atoms. The van der Waals surface area contributed by atoms with E-state index in [4.69, 9.17) is 16.0 Å². The van der Waals surface area contributed by atoms with Gasteiger partial charge in [0.25, 0.3) is 5.69 Å². The minimum absolute atomic E-state index is 0.0881. The van der Waals surface area contributed by atoms with Gasteiger partial charge in [-0.25, -0.2) is 9.97 Å². The first-order valence-corrected chi connectivity index (χ1v) is 6.90. The first-order valence-electron chi connectivity index (χ1n) is 6.52. The molecule has 0 unspecified atom stereocenters. The lowest BCUT2D eigenvalue weighted by molar-refractivity contribution is -0.383. The highest BCUT2D eigenvalue weighted by Gasteiger charge is 2.26. The molecule has 8 heteroatoms. The lowest BCUT2D eigenvalue weighted by Crippen LogP contribution is -2.09. The summed E-state index contributed by atoms with van der Waals surface area (Å²) in [5.74, 6) is 0.0881. The van der Waals surface area contributed by atoms with E-state index in [9.17, 15) is 14.9 Å². The first kappa shape index (κ1) is 13.6. The summed E-state index contributed by atoms with van der Waals surface area (Å²) in [5.41, 5.74) is -0.0254. The number of rotatable bonds is 1. The molecule has 112 valence electrons. The molecule has 4 rings (SSSR count). The van der Waals surface area contributed by atoms with Gasteiger partial charge in [0.15, 0.2) is 17.0 Å². The Morgan fingerprint density at radius 2 is 2.04 bits per heavy atom. The Morgan fingerprint density at radius 1 is 1.22 bits per heavy atom. The van der Waals surface area contributed by atoms with Crippen molar-refractivity contribution < 1.29 is 9.34 Å². The maximum Gasteiger partial charge on any atom is 0.281 e. The minimum Gasteiger partial charge on any atom is -0.449 e. The molecule has 0 saturated carbocycles. The average Bonchev–Trinajstić information content (AvgIpc) is 2.57. The number of nitro groups is 1. The van der Waals surface area contributed by atoms with Crippen molar-refractivity contribution in [3.8, 4) is 11.5 Å². The van der Waals surface area contributed by atoms with Gasteiger partial charge in [0.05, 0.1) is 4.92 Å². The topological polar surface area (TPSA) is 99.1 Å². The van der Waals surface area contributed by atoms with Crippen molar-refractivity contribution in [1.82, 2.24) is 9.97 Å². The van der Waals surface area contributed by atoms with Crippen LogP contribution in [-0.4, -0.2) is 14.9 Å². The molecule has 0 spiro atoms. The van der Waals surface area contributed by atoms with E-state index in [2.05, 4.69) is 9.97 Å². The Bertz CT molecular complexity index is 1140. The first-order chi connectivity index (χ1) is 11.1. The van der Waals surface area contributed by atoms with Crippen LogP contribution >= 0.6 is 11.6 Å². The van der Waals surface area contributed by atoms with Crippen LogP contribution in [0.3, 0.4) is 0 Å². The lowest BCUT2D eigenvalue weighted by Gasteiger charge is -2.10. The summed E-state index contributed by atoms with van der Waals surface area (Å²) in [4.78, 5) is 31.5. The highest BCUT2D eigenvalue weighted by Crippen LogP contribution is 2.37. The number of non-ortho nitro benzene ring substituents is 1. The van der Waals surface area contributed by atoms with E-state index in [1.807, 2.05) is 0 Å². The second kappa shape index (κ2) is 4.72. The molecule has 0 saturated heterocycles. The van der Waals surface area contributed by atoms with Crippen LogP contribution in [0.4, 0.5) is 5.69 Å². The smallest absolute Gasteiger partial charge is 0.281 e. The molecule has 1 aromatic carbocycles. The molecule has 2 aromatic rings. The van der Waals surface area contributed by atoms with Gasteiger partial charge in [-0.2, -0.15) is 0 Å². The number of benzene rings is 2. The fourth-order valence-electron chi connectivity index (χ4n) is 2.53. The van der Waals surface area contributed by atoms with E-state index in [0.717, 1.165) is 0 Å². The van der Waals surface area contributed by atoms with Crippen molar-refractivity contribution in [2.45, 2.75) is 0 Å². The zero-order valence-corrected chi connectivity index (χ0v) is 12.1. The van der Waals surface area contributed by atoms with Crippen molar-refractivity contribution in [2.24, 2.45) is 0 Å². The van der Waals surface area contributed by atoms with Crippen molar-refractivity contribution in [1.29, 1.82) is 0 Å². The molecule has 0 fully saturated rings. The highest BCUT2D eigenvalue weighted by molar-refractivity contribution is 6.34. The Morgan fingerprint density at radius 3 is 2.83 bits per heavy atom. The van der Waals surface area contributed by atoms with Crippen LogP contribution < -0.4 is 5.43 Å². The molecule has 0 N–H and O–H groups in total. The summed E-state index contributed by atoms with van der Waals surface area (Å²) >= 11 is 6.09. The van der Waals surface area contributed by atoms with E-state index in [1.165, 1.54) is 12.1 Å². The molecule has 2 aliphatic rings. The van der Waals surface area contributed by atoms with Gasteiger partial charge in [0.2, 0.25) is 5.43 Å². The summed E-state index contributed by atoms with van der Waals surface area (Å²) in [7, 11) is 0. The largest absolute Gasteiger partial charge is 0.449 e. The number of nitro benzene ring substituents is 1. The molecule has 0 bridgehead atoms. The Labute approximate surface area is 132 Å². The monoisotopic (exact) mass is 327 g/mol. The summed E-state index contributed by atoms with van der Waals surface area (Å²) in [5, 5.41) is 11.2. The zero-order valence-electron chi connectivity index (χ0n) is 11.3. The maximum atomic E-state index is 12.5. The minimum atomic E-state index is -0.657. The van der Waals surface area contributed by atoms with Crippen LogP contribution in [0, 0.1) is 10.1 Å². The van der Waals surface area contributed by atoms with E-state index in [-0.39, 0.29) is 27.6 Å². The predicted molar refractivity (Wildman–Crippen MR) is 83.9 cm³/mol. The van der Waals surface area contributed by atoms with Crippen LogP contribution in [0.15, 0.2) is 45.7 Å². The molecular weight excluding hydrogens is 322 g/mol. The van der Waals surface area contributed by atoms with E-state index in [0.29, 0.717) is 16.6 Å². The van der Waals surface area contributed by atoms with Gasteiger partial charge in [-0.3, -0.25) is 14.9 Å². The summed E-state index contributed by atoms with van der Waals surface area (Å²) < 4.78 is 5.64. The van der Waals surface area contributed by atoms with Crippen LogP contribution in [0.2, 0.25) is 5.02 Å². The van der Waals surface area contributed by atoms with Crippen LogP contribution in [0.1, 0.15) is 0 Å². The SMILES string of the molecule is O=c1c(Cl)c2oc3cccnc3nc-2c2cccc([N+](=O)[O-])c12. The fraction of sp³-hybridized carbons (Fsp3) is 0. The van der Waals surface area contributed by atoms with Crippen molar-refractivity contribution in [3.63, 3.8) is 0 Å². The molecule has 2 heterocycles. The third-order valence-corrected chi connectivity index (χ3v) is 3.86. The Hall–Kier alpha value is -3.06. The van der Waals surface area contributed by atoms with Gasteiger partial charge in [-0.1, -0.05) is 23.7 Å². The summed E-state index contributed by atoms with van der Waals surface area (Å²) in [6, 6.07) is 7.62. The summed E-state index contributed by atoms with van der Waals surface area (Å²) in [6.07, 6.45) is 1.55. The van der Waals surface area contributed by atoms with Gasteiger partial charge in [-0.15, -0.1) is 0 Å². The normalized spacial score (nSPS) is 11.3. The van der Waals surface area contributed by atoms with Crippen molar-refractivity contribution >= 4 is 39.3 Å². The van der Waals surface area contributed by atoms with E-state index < -0.39 is 10.4 Å². The van der Waals surface area contributed by atoms with Crippen molar-refractivity contribution in [3.05, 3.63) is 61.9 Å². The number of nitrogens with zero attached hydrogens (tertiary/aromatic N) is 3. The Kier molecular flexibility index (Phi) is 2.79. The second-order valence-electron chi connectivity index (χ2n) is 4.82. The Balaban J connectivity index is 2.31. The highest BCUT2D eigenvalue weighted by atomic mass is 35.5. The quantitative estimate of drug-likeness (QED) is 0.230. The molecule has 1 aliphatic heterocycles. The van der Waals surface area contributed by atoms with Crippen LogP contribution in [0.25, 0.3) is 33.5 Å². The molecular formula is C15H6ClN3O4.